The van der Waals surface area contributed by atoms with E-state index in [-0.39, 0.29) is 12.1 Å². The predicted molar refractivity (Wildman–Crippen MR) is 193 cm³/mol. The Morgan fingerprint density at radius 3 is 1.54 bits per heavy atom. The molecule has 0 aliphatic carbocycles. The molecule has 0 fully saturated rings. The van der Waals surface area contributed by atoms with E-state index in [0.717, 1.165) is 67.2 Å². The molecule has 0 aliphatic rings. The lowest BCUT2D eigenvalue weighted by atomic mass is 9.77. The highest BCUT2D eigenvalue weighted by molar-refractivity contribution is 5.83. The number of aliphatic carboxylic acids is 1. The van der Waals surface area contributed by atoms with Crippen LogP contribution in [0, 0.1) is 0 Å². The Hall–Kier alpha value is -4.22. The maximum atomic E-state index is 14.1. The van der Waals surface area contributed by atoms with Gasteiger partial charge in [-0.05, 0) is 61.8 Å². The molecule has 4 aromatic rings. The van der Waals surface area contributed by atoms with Crippen molar-refractivity contribution in [1.29, 1.82) is 0 Å². The maximum Gasteiger partial charge on any atom is 0.316 e. The highest BCUT2D eigenvalue weighted by Gasteiger charge is 2.38. The van der Waals surface area contributed by atoms with Crippen molar-refractivity contribution in [2.75, 3.05) is 0 Å². The van der Waals surface area contributed by atoms with Crippen LogP contribution in [0.15, 0.2) is 121 Å². The summed E-state index contributed by atoms with van der Waals surface area (Å²) in [6, 6.07) is 39.5. The summed E-state index contributed by atoms with van der Waals surface area (Å²) >= 11 is 0. The van der Waals surface area contributed by atoms with Crippen molar-refractivity contribution in [3.63, 3.8) is 0 Å². The van der Waals surface area contributed by atoms with Crippen LogP contribution in [-0.2, 0) is 31.6 Å². The first-order chi connectivity index (χ1) is 23.2. The van der Waals surface area contributed by atoms with Gasteiger partial charge in [-0.1, -0.05) is 160 Å². The first-order valence-electron chi connectivity index (χ1n) is 17.5. The van der Waals surface area contributed by atoms with Crippen LogP contribution in [0.2, 0.25) is 0 Å². The van der Waals surface area contributed by atoms with E-state index in [1.54, 1.807) is 6.92 Å². The van der Waals surface area contributed by atoms with E-state index in [1.165, 1.54) is 0 Å². The molecule has 0 spiro atoms. The summed E-state index contributed by atoms with van der Waals surface area (Å²) in [5.41, 5.74) is 2.18. The number of carboxylic acids is 1. The molecule has 0 radical (unpaired) electrons. The monoisotopic (exact) mass is 648 g/mol. The molecular weight excluding hydrogens is 596 g/mol. The van der Waals surface area contributed by atoms with Crippen molar-refractivity contribution < 1.29 is 24.5 Å². The normalized spacial score (nSPS) is 15.1. The van der Waals surface area contributed by atoms with Gasteiger partial charge in [-0.25, -0.2) is 0 Å². The van der Waals surface area contributed by atoms with Gasteiger partial charge in [-0.2, -0.15) is 0 Å². The second kappa shape index (κ2) is 18.4. The zero-order chi connectivity index (χ0) is 34.2. The first-order valence-corrected chi connectivity index (χ1v) is 17.5. The lowest BCUT2D eigenvalue weighted by molar-refractivity contribution is -0.156. The standard InChI is InChI=1S/C43H52O5/c1-42(40(45)46,36-25-13-5-14-26-36)31-19-7-17-29-38(44)30-18-8-20-32-43(2,37-27-15-6-16-28-37)41(47)48-39(35-23-11-4-12-24-35)33-34-21-9-3-10-22-34/h3-6,9-16,21-28,38-39,44H,7-8,17-20,29-33H2,1-2H3,(H,45,46). The second-order valence-corrected chi connectivity index (χ2v) is 13.5. The molecule has 5 nitrogen and oxygen atoms in total. The average Bonchev–Trinajstić information content (AvgIpc) is 3.12. The van der Waals surface area contributed by atoms with E-state index in [1.807, 2.05) is 116 Å². The van der Waals surface area contributed by atoms with Gasteiger partial charge in [0, 0.05) is 6.42 Å². The molecule has 48 heavy (non-hydrogen) atoms. The summed E-state index contributed by atoms with van der Waals surface area (Å²) in [6.45, 7) is 3.80. The largest absolute Gasteiger partial charge is 0.481 e. The Balaban J connectivity index is 1.26. The van der Waals surface area contributed by atoms with Gasteiger partial charge in [-0.15, -0.1) is 0 Å². The third-order valence-corrected chi connectivity index (χ3v) is 9.86. The predicted octanol–water partition coefficient (Wildman–Crippen LogP) is 9.78. The van der Waals surface area contributed by atoms with Gasteiger partial charge in [0.1, 0.15) is 6.10 Å². The highest BCUT2D eigenvalue weighted by atomic mass is 16.5. The molecule has 0 bridgehead atoms. The van der Waals surface area contributed by atoms with Crippen LogP contribution in [0.3, 0.4) is 0 Å². The molecule has 4 unspecified atom stereocenters. The van der Waals surface area contributed by atoms with Crippen molar-refractivity contribution in [2.24, 2.45) is 0 Å². The minimum Gasteiger partial charge on any atom is -0.481 e. The summed E-state index contributed by atoms with van der Waals surface area (Å²) < 4.78 is 6.37. The van der Waals surface area contributed by atoms with Crippen LogP contribution >= 0.6 is 0 Å². The number of benzene rings is 4. The van der Waals surface area contributed by atoms with Crippen LogP contribution in [-0.4, -0.2) is 28.3 Å². The third kappa shape index (κ3) is 10.4. The molecule has 4 aromatic carbocycles. The molecule has 4 rings (SSSR count). The second-order valence-electron chi connectivity index (χ2n) is 13.5. The third-order valence-electron chi connectivity index (χ3n) is 9.86. The van der Waals surface area contributed by atoms with Crippen molar-refractivity contribution in [1.82, 2.24) is 0 Å². The SMILES string of the molecule is CC(CCCCCC(O)CCCCCC(C)(C(=O)OC(Cc1ccccc1)c1ccccc1)c1ccccc1)(C(=O)O)c1ccccc1. The van der Waals surface area contributed by atoms with E-state index >= 15 is 0 Å². The molecular formula is C43H52O5. The topological polar surface area (TPSA) is 83.8 Å². The van der Waals surface area contributed by atoms with Crippen LogP contribution < -0.4 is 0 Å². The lowest BCUT2D eigenvalue weighted by Crippen LogP contribution is -2.35. The van der Waals surface area contributed by atoms with Crippen LogP contribution in [0.4, 0.5) is 0 Å². The Bertz CT molecular complexity index is 1510. The number of carbonyl (C=O) groups is 2. The molecule has 0 heterocycles. The molecule has 254 valence electrons. The van der Waals surface area contributed by atoms with E-state index < -0.39 is 22.9 Å². The summed E-state index contributed by atoms with van der Waals surface area (Å²) in [6.07, 6.45) is 7.69. The number of esters is 1. The minimum atomic E-state index is -0.898. The molecule has 0 saturated heterocycles. The fraction of sp³-hybridized carbons (Fsp3) is 0.395. The lowest BCUT2D eigenvalue weighted by Gasteiger charge is -2.31. The number of rotatable bonds is 20. The summed E-state index contributed by atoms with van der Waals surface area (Å²) in [7, 11) is 0. The Labute approximate surface area is 287 Å². The van der Waals surface area contributed by atoms with Gasteiger partial charge < -0.3 is 14.9 Å². The number of ether oxygens (including phenoxy) is 1. The summed E-state index contributed by atoms with van der Waals surface area (Å²) in [4.78, 5) is 26.1. The molecule has 4 atom stereocenters. The number of carbonyl (C=O) groups excluding carboxylic acids is 1. The zero-order valence-electron chi connectivity index (χ0n) is 28.6. The molecule has 2 N–H and O–H groups in total. The molecule has 0 aromatic heterocycles. The number of unbranched alkanes of at least 4 members (excludes halogenated alkanes) is 4. The molecule has 0 aliphatic heterocycles. The maximum absolute atomic E-state index is 14.1. The first kappa shape index (κ1) is 36.6. The fourth-order valence-electron chi connectivity index (χ4n) is 6.55. The van der Waals surface area contributed by atoms with Gasteiger partial charge in [-0.3, -0.25) is 9.59 Å². The van der Waals surface area contributed by atoms with Crippen LogP contribution in [0.25, 0.3) is 0 Å². The summed E-state index contributed by atoms with van der Waals surface area (Å²) in [5.74, 6) is -1.02. The quantitative estimate of drug-likeness (QED) is 0.0736. The number of hydrogen-bond donors (Lipinski definition) is 2. The van der Waals surface area contributed by atoms with Gasteiger partial charge in [0.05, 0.1) is 16.9 Å². The van der Waals surface area contributed by atoms with Gasteiger partial charge in [0.25, 0.3) is 0 Å². The average molecular weight is 649 g/mol. The van der Waals surface area contributed by atoms with E-state index in [0.29, 0.717) is 25.7 Å². The molecule has 5 heteroatoms. The Morgan fingerprint density at radius 2 is 1.04 bits per heavy atom. The van der Waals surface area contributed by atoms with Gasteiger partial charge in [0.15, 0.2) is 0 Å². The van der Waals surface area contributed by atoms with Gasteiger partial charge >= 0.3 is 11.9 Å². The molecule has 0 amide bonds. The number of carboxylic acid groups (broad SMARTS) is 1. The van der Waals surface area contributed by atoms with Crippen LogP contribution in [0.1, 0.15) is 106 Å². The number of aliphatic hydroxyl groups is 1. The Morgan fingerprint density at radius 1 is 0.604 bits per heavy atom. The highest BCUT2D eigenvalue weighted by Crippen LogP contribution is 2.35. The van der Waals surface area contributed by atoms with Crippen LogP contribution in [0.5, 0.6) is 0 Å². The zero-order valence-corrected chi connectivity index (χ0v) is 28.6. The Kier molecular flexibility index (Phi) is 14.0. The van der Waals surface area contributed by atoms with Crippen molar-refractivity contribution in [2.45, 2.75) is 108 Å². The van der Waals surface area contributed by atoms with E-state index in [9.17, 15) is 19.8 Å². The van der Waals surface area contributed by atoms with E-state index in [2.05, 4.69) is 12.1 Å². The van der Waals surface area contributed by atoms with Crippen molar-refractivity contribution >= 4 is 11.9 Å². The smallest absolute Gasteiger partial charge is 0.316 e. The van der Waals surface area contributed by atoms with Crippen molar-refractivity contribution in [3.05, 3.63) is 144 Å². The van der Waals surface area contributed by atoms with E-state index in [4.69, 9.17) is 4.74 Å². The van der Waals surface area contributed by atoms with Gasteiger partial charge in [0.2, 0.25) is 0 Å². The number of hydrogen-bond acceptors (Lipinski definition) is 4. The fourth-order valence-corrected chi connectivity index (χ4v) is 6.55. The molecule has 0 saturated carbocycles. The number of aliphatic hydroxyl groups excluding tert-OH is 1. The summed E-state index contributed by atoms with van der Waals surface area (Å²) in [5, 5.41) is 20.6. The van der Waals surface area contributed by atoms with Crippen molar-refractivity contribution in [3.8, 4) is 0 Å². The minimum absolute atomic E-state index is 0.218.